The number of nitrogens with two attached hydrogens (primary N) is 2. The number of alkyl halides is 3. The van der Waals surface area contributed by atoms with Crippen LogP contribution in [0.15, 0.2) is 48.5 Å². The van der Waals surface area contributed by atoms with E-state index in [0.29, 0.717) is 5.69 Å². The fourth-order valence-corrected chi connectivity index (χ4v) is 2.31. The summed E-state index contributed by atoms with van der Waals surface area (Å²) in [5, 5.41) is 0. The number of hydrogen-bond donors (Lipinski definition) is 2. The molecule has 25 heavy (non-hydrogen) atoms. The Morgan fingerprint density at radius 3 is 2.32 bits per heavy atom. The molecule has 0 radical (unpaired) electrons. The minimum absolute atomic E-state index is 0.194. The van der Waals surface area contributed by atoms with E-state index in [2.05, 4.69) is 0 Å². The lowest BCUT2D eigenvalue weighted by Gasteiger charge is -2.22. The van der Waals surface area contributed by atoms with Crippen LogP contribution in [0.5, 0.6) is 0 Å². The van der Waals surface area contributed by atoms with Gasteiger partial charge in [-0.3, -0.25) is 9.59 Å². The zero-order valence-electron chi connectivity index (χ0n) is 13.1. The van der Waals surface area contributed by atoms with Crippen molar-refractivity contribution >= 4 is 17.5 Å². The summed E-state index contributed by atoms with van der Waals surface area (Å²) in [7, 11) is 0. The highest BCUT2D eigenvalue weighted by Gasteiger charge is 2.30. The summed E-state index contributed by atoms with van der Waals surface area (Å²) in [6.07, 6.45) is -4.50. The van der Waals surface area contributed by atoms with Gasteiger partial charge in [0.15, 0.2) is 0 Å². The molecule has 2 aromatic rings. The molecule has 2 amide bonds. The van der Waals surface area contributed by atoms with E-state index in [1.165, 1.54) is 24.3 Å². The lowest BCUT2D eigenvalue weighted by molar-refractivity contribution is -0.137. The highest BCUT2D eigenvalue weighted by molar-refractivity contribution is 5.97. The van der Waals surface area contributed by atoms with Gasteiger partial charge in [-0.25, -0.2) is 0 Å². The van der Waals surface area contributed by atoms with Crippen molar-refractivity contribution in [2.75, 3.05) is 12.3 Å². The molecule has 0 atom stereocenters. The van der Waals surface area contributed by atoms with Gasteiger partial charge in [-0.05, 0) is 35.9 Å². The standard InChI is InChI=1S/C17H16F3N3O2/c18-17(19,20)13-5-1-3-11(7-13)9-23(10-15(22)24)16(25)12-4-2-6-14(21)8-12/h1-8H,9-10,21H2,(H2,22,24). The van der Waals surface area contributed by atoms with Gasteiger partial charge in [-0.15, -0.1) is 0 Å². The van der Waals surface area contributed by atoms with Crippen LogP contribution in [0.3, 0.4) is 0 Å². The number of amides is 2. The Morgan fingerprint density at radius 2 is 1.72 bits per heavy atom. The predicted molar refractivity (Wildman–Crippen MR) is 86.2 cm³/mol. The number of hydrogen-bond acceptors (Lipinski definition) is 3. The summed E-state index contributed by atoms with van der Waals surface area (Å²) in [6.45, 7) is -0.621. The fourth-order valence-electron chi connectivity index (χ4n) is 2.31. The normalized spacial score (nSPS) is 11.2. The summed E-state index contributed by atoms with van der Waals surface area (Å²) in [4.78, 5) is 24.9. The van der Waals surface area contributed by atoms with Crippen LogP contribution in [0.1, 0.15) is 21.5 Å². The highest BCUT2D eigenvalue weighted by Crippen LogP contribution is 2.29. The first-order chi connectivity index (χ1) is 11.7. The first-order valence-electron chi connectivity index (χ1n) is 7.26. The molecule has 0 spiro atoms. The van der Waals surface area contributed by atoms with Crippen molar-refractivity contribution in [2.45, 2.75) is 12.7 Å². The van der Waals surface area contributed by atoms with Crippen LogP contribution in [0.4, 0.5) is 18.9 Å². The number of primary amides is 1. The number of nitrogen functional groups attached to an aromatic ring is 1. The van der Waals surface area contributed by atoms with Crippen molar-refractivity contribution in [1.29, 1.82) is 0 Å². The quantitative estimate of drug-likeness (QED) is 0.811. The Kier molecular flexibility index (Phi) is 5.31. The molecule has 5 nitrogen and oxygen atoms in total. The van der Waals surface area contributed by atoms with Crippen LogP contribution >= 0.6 is 0 Å². The molecule has 132 valence electrons. The first kappa shape index (κ1) is 18.3. The lowest BCUT2D eigenvalue weighted by atomic mass is 10.1. The van der Waals surface area contributed by atoms with Gasteiger partial charge in [0.2, 0.25) is 5.91 Å². The van der Waals surface area contributed by atoms with Crippen molar-refractivity contribution in [2.24, 2.45) is 5.73 Å². The Bertz CT molecular complexity index is 791. The SMILES string of the molecule is NC(=O)CN(Cc1cccc(C(F)(F)F)c1)C(=O)c1cccc(N)c1. The van der Waals surface area contributed by atoms with E-state index in [1.54, 1.807) is 12.1 Å². The molecule has 2 rings (SSSR count). The molecule has 0 aromatic heterocycles. The number of anilines is 1. The average molecular weight is 351 g/mol. The monoisotopic (exact) mass is 351 g/mol. The maximum atomic E-state index is 12.8. The van der Waals surface area contributed by atoms with Crippen molar-refractivity contribution < 1.29 is 22.8 Å². The third kappa shape index (κ3) is 4.97. The van der Waals surface area contributed by atoms with E-state index in [9.17, 15) is 22.8 Å². The Labute approximate surface area is 142 Å². The van der Waals surface area contributed by atoms with E-state index in [1.807, 2.05) is 0 Å². The summed E-state index contributed by atoms with van der Waals surface area (Å²) >= 11 is 0. The summed E-state index contributed by atoms with van der Waals surface area (Å²) in [6, 6.07) is 10.6. The minimum atomic E-state index is -4.50. The molecular weight excluding hydrogens is 335 g/mol. The van der Waals surface area contributed by atoms with Gasteiger partial charge in [0.05, 0.1) is 12.1 Å². The van der Waals surface area contributed by atoms with Crippen molar-refractivity contribution in [1.82, 2.24) is 4.90 Å². The zero-order chi connectivity index (χ0) is 18.6. The Balaban J connectivity index is 2.29. The number of carbonyl (C=O) groups is 2. The summed E-state index contributed by atoms with van der Waals surface area (Å²) < 4.78 is 38.4. The molecule has 0 aliphatic carbocycles. The number of rotatable bonds is 5. The number of halogens is 3. The number of nitrogens with zero attached hydrogens (tertiary/aromatic N) is 1. The van der Waals surface area contributed by atoms with Gasteiger partial charge in [-0.2, -0.15) is 13.2 Å². The highest BCUT2D eigenvalue weighted by atomic mass is 19.4. The topological polar surface area (TPSA) is 89.4 Å². The molecule has 0 fully saturated rings. The van der Waals surface area contributed by atoms with E-state index in [-0.39, 0.29) is 17.7 Å². The molecule has 0 saturated carbocycles. The van der Waals surface area contributed by atoms with Crippen LogP contribution in [0.25, 0.3) is 0 Å². The molecule has 0 aliphatic rings. The Morgan fingerprint density at radius 1 is 1.04 bits per heavy atom. The minimum Gasteiger partial charge on any atom is -0.399 e. The zero-order valence-corrected chi connectivity index (χ0v) is 13.1. The second-order valence-electron chi connectivity index (χ2n) is 5.45. The molecular formula is C17H16F3N3O2. The van der Waals surface area contributed by atoms with Gasteiger partial charge in [0.25, 0.3) is 5.91 Å². The molecule has 0 unspecified atom stereocenters. The molecule has 8 heteroatoms. The first-order valence-corrected chi connectivity index (χ1v) is 7.26. The van der Waals surface area contributed by atoms with Gasteiger partial charge >= 0.3 is 6.18 Å². The molecule has 4 N–H and O–H groups in total. The predicted octanol–water partition coefficient (Wildman–Crippen LogP) is 2.42. The van der Waals surface area contributed by atoms with Crippen LogP contribution in [-0.2, 0) is 17.5 Å². The van der Waals surface area contributed by atoms with E-state index < -0.39 is 30.1 Å². The molecule has 2 aromatic carbocycles. The van der Waals surface area contributed by atoms with Crippen molar-refractivity contribution in [3.05, 3.63) is 65.2 Å². The molecule has 0 aliphatic heterocycles. The van der Waals surface area contributed by atoms with Gasteiger partial charge in [-0.1, -0.05) is 18.2 Å². The maximum Gasteiger partial charge on any atom is 0.416 e. The smallest absolute Gasteiger partial charge is 0.399 e. The summed E-state index contributed by atoms with van der Waals surface area (Å²) in [5.74, 6) is -1.33. The van der Waals surface area contributed by atoms with E-state index in [4.69, 9.17) is 11.5 Å². The lowest BCUT2D eigenvalue weighted by Crippen LogP contribution is -2.38. The van der Waals surface area contributed by atoms with Crippen molar-refractivity contribution in [3.63, 3.8) is 0 Å². The molecule has 0 saturated heterocycles. The largest absolute Gasteiger partial charge is 0.416 e. The van der Waals surface area contributed by atoms with Crippen LogP contribution < -0.4 is 11.5 Å². The molecule has 0 bridgehead atoms. The summed E-state index contributed by atoms with van der Waals surface area (Å²) in [5.41, 5.74) is 10.7. The second kappa shape index (κ2) is 7.25. The van der Waals surface area contributed by atoms with E-state index in [0.717, 1.165) is 17.0 Å². The number of benzene rings is 2. The van der Waals surface area contributed by atoms with Gasteiger partial charge < -0.3 is 16.4 Å². The second-order valence-corrected chi connectivity index (χ2v) is 5.45. The molecule has 0 heterocycles. The van der Waals surface area contributed by atoms with Crippen molar-refractivity contribution in [3.8, 4) is 0 Å². The van der Waals surface area contributed by atoms with E-state index >= 15 is 0 Å². The third-order valence-corrected chi connectivity index (χ3v) is 3.40. The van der Waals surface area contributed by atoms with Gasteiger partial charge in [0, 0.05) is 17.8 Å². The Hall–Kier alpha value is -3.03. The van der Waals surface area contributed by atoms with Gasteiger partial charge in [0.1, 0.15) is 0 Å². The maximum absolute atomic E-state index is 12.8. The fraction of sp³-hybridized carbons (Fsp3) is 0.176. The van der Waals surface area contributed by atoms with Crippen LogP contribution in [0.2, 0.25) is 0 Å². The van der Waals surface area contributed by atoms with Crippen LogP contribution in [0, 0.1) is 0 Å². The average Bonchev–Trinajstić information content (AvgIpc) is 2.52. The number of carbonyl (C=O) groups excluding carboxylic acids is 2. The van der Waals surface area contributed by atoms with Crippen LogP contribution in [-0.4, -0.2) is 23.3 Å². The third-order valence-electron chi connectivity index (χ3n) is 3.40.